The van der Waals surface area contributed by atoms with Crippen molar-refractivity contribution in [3.8, 4) is 11.5 Å². The minimum Gasteiger partial charge on any atom is -0.222 e. The van der Waals surface area contributed by atoms with Crippen molar-refractivity contribution in [1.82, 2.24) is 0 Å². The first-order chi connectivity index (χ1) is 10.5. The molecule has 2 rings (SSSR count). The van der Waals surface area contributed by atoms with E-state index in [1.54, 1.807) is 0 Å². The van der Waals surface area contributed by atoms with Crippen molar-refractivity contribution in [2.45, 2.75) is 39.5 Å². The Morgan fingerprint density at radius 2 is 1.00 bits per heavy atom. The molecule has 0 N–H and O–H groups in total. The first kappa shape index (κ1) is 16.5. The van der Waals surface area contributed by atoms with Crippen LogP contribution in [-0.4, -0.2) is 0 Å². The van der Waals surface area contributed by atoms with Gasteiger partial charge in [0.1, 0.15) is 0 Å². The second-order valence-corrected chi connectivity index (χ2v) is 6.67. The molecular weight excluding hydrogens is 295 g/mol. The second-order valence-electron chi connectivity index (χ2n) is 5.85. The lowest BCUT2D eigenvalue weighted by Gasteiger charge is -2.04. The Balaban J connectivity index is 1.94. The fourth-order valence-electron chi connectivity index (χ4n) is 2.02. The normalized spacial score (nSPS) is 10.8. The van der Waals surface area contributed by atoms with Crippen LogP contribution in [0.2, 0.25) is 0 Å². The summed E-state index contributed by atoms with van der Waals surface area (Å²) in [6.45, 7) is 8.50. The van der Waals surface area contributed by atoms with Crippen LogP contribution in [0.3, 0.4) is 0 Å². The van der Waals surface area contributed by atoms with E-state index >= 15 is 0 Å². The highest BCUT2D eigenvalue weighted by molar-refractivity contribution is 7.34. The lowest BCUT2D eigenvalue weighted by Crippen LogP contribution is -1.91. The molecule has 2 aromatic carbocycles. The van der Waals surface area contributed by atoms with Gasteiger partial charge in [-0.1, -0.05) is 52.0 Å². The molecule has 0 saturated heterocycles. The standard InChI is InChI=1S/C18H22O3P/c1-13(2)15-5-9-17(10-6-15)20-22(19)21-18-11-7-16(8-12-18)14(3)4/h5-14H,1-4H3/q+1. The largest absolute Gasteiger partial charge is 0.805 e. The third-order valence-corrected chi connectivity index (χ3v) is 4.17. The highest BCUT2D eigenvalue weighted by Gasteiger charge is 2.24. The van der Waals surface area contributed by atoms with Crippen molar-refractivity contribution < 1.29 is 13.6 Å². The Labute approximate surface area is 133 Å². The summed E-state index contributed by atoms with van der Waals surface area (Å²) in [6.07, 6.45) is 0. The van der Waals surface area contributed by atoms with Crippen LogP contribution < -0.4 is 9.05 Å². The predicted octanol–water partition coefficient (Wildman–Crippen LogP) is 6.05. The van der Waals surface area contributed by atoms with Gasteiger partial charge in [-0.2, -0.15) is 0 Å². The molecule has 0 unspecified atom stereocenters. The molecule has 0 bridgehead atoms. The SMILES string of the molecule is CC(C)c1ccc(O[P+](=O)Oc2ccc(C(C)C)cc2)cc1. The van der Waals surface area contributed by atoms with Crippen molar-refractivity contribution in [1.29, 1.82) is 0 Å². The Hall–Kier alpha value is -1.86. The predicted molar refractivity (Wildman–Crippen MR) is 89.9 cm³/mol. The summed E-state index contributed by atoms with van der Waals surface area (Å²) in [6, 6.07) is 15.1. The van der Waals surface area contributed by atoms with Gasteiger partial charge < -0.3 is 0 Å². The lowest BCUT2D eigenvalue weighted by atomic mass is 10.0. The summed E-state index contributed by atoms with van der Waals surface area (Å²) in [5.74, 6) is 2.01. The summed E-state index contributed by atoms with van der Waals surface area (Å²) in [5, 5.41) is 0. The van der Waals surface area contributed by atoms with E-state index < -0.39 is 8.25 Å². The van der Waals surface area contributed by atoms with Crippen molar-refractivity contribution >= 4 is 8.25 Å². The van der Waals surface area contributed by atoms with Crippen molar-refractivity contribution in [3.63, 3.8) is 0 Å². The van der Waals surface area contributed by atoms with Crippen LogP contribution in [0, 0.1) is 0 Å². The monoisotopic (exact) mass is 317 g/mol. The maximum Gasteiger partial charge on any atom is 0.805 e. The molecule has 3 nitrogen and oxygen atoms in total. The minimum atomic E-state index is -2.23. The Morgan fingerprint density at radius 1 is 0.682 bits per heavy atom. The van der Waals surface area contributed by atoms with Crippen LogP contribution in [-0.2, 0) is 4.57 Å². The van der Waals surface area contributed by atoms with E-state index in [1.807, 2.05) is 48.5 Å². The van der Waals surface area contributed by atoms with Crippen LogP contribution in [0.1, 0.15) is 50.7 Å². The number of hydrogen-bond acceptors (Lipinski definition) is 3. The fraction of sp³-hybridized carbons (Fsp3) is 0.333. The summed E-state index contributed by atoms with van der Waals surface area (Å²) >= 11 is 0. The van der Waals surface area contributed by atoms with Crippen molar-refractivity contribution in [3.05, 3.63) is 59.7 Å². The highest BCUT2D eigenvalue weighted by atomic mass is 31.1. The van der Waals surface area contributed by atoms with Gasteiger partial charge in [-0.3, -0.25) is 0 Å². The molecule has 2 aromatic rings. The van der Waals surface area contributed by atoms with E-state index in [1.165, 1.54) is 11.1 Å². The first-order valence-electron chi connectivity index (χ1n) is 7.49. The molecule has 0 atom stereocenters. The van der Waals surface area contributed by atoms with Gasteiger partial charge in [0.05, 0.1) is 0 Å². The van der Waals surface area contributed by atoms with E-state index in [-0.39, 0.29) is 0 Å². The van der Waals surface area contributed by atoms with Crippen LogP contribution in [0.25, 0.3) is 0 Å². The van der Waals surface area contributed by atoms with Gasteiger partial charge in [-0.15, -0.1) is 0 Å². The molecule has 0 heterocycles. The lowest BCUT2D eigenvalue weighted by molar-refractivity contribution is 0.415. The molecule has 116 valence electrons. The number of rotatable bonds is 6. The average molecular weight is 317 g/mol. The zero-order valence-corrected chi connectivity index (χ0v) is 14.3. The Morgan fingerprint density at radius 3 is 1.27 bits per heavy atom. The number of hydrogen-bond donors (Lipinski definition) is 0. The van der Waals surface area contributed by atoms with Crippen molar-refractivity contribution in [2.75, 3.05) is 0 Å². The zero-order chi connectivity index (χ0) is 16.1. The molecule has 0 amide bonds. The van der Waals surface area contributed by atoms with Gasteiger partial charge in [0.15, 0.2) is 11.5 Å². The molecular formula is C18H22O3P+. The maximum absolute atomic E-state index is 11.9. The van der Waals surface area contributed by atoms with E-state index in [4.69, 9.17) is 9.05 Å². The van der Waals surface area contributed by atoms with E-state index in [0.29, 0.717) is 23.3 Å². The summed E-state index contributed by atoms with van der Waals surface area (Å²) < 4.78 is 22.6. The molecule has 0 aromatic heterocycles. The Bertz CT molecular complexity index is 560. The third-order valence-electron chi connectivity index (χ3n) is 3.45. The third kappa shape index (κ3) is 4.57. The molecule has 22 heavy (non-hydrogen) atoms. The molecule has 0 aliphatic heterocycles. The quantitative estimate of drug-likeness (QED) is 0.608. The first-order valence-corrected chi connectivity index (χ1v) is 8.58. The molecule has 0 aliphatic rings. The molecule has 0 radical (unpaired) electrons. The maximum atomic E-state index is 11.9. The van der Waals surface area contributed by atoms with Crippen LogP contribution in [0.15, 0.2) is 48.5 Å². The van der Waals surface area contributed by atoms with Crippen LogP contribution in [0.5, 0.6) is 11.5 Å². The highest BCUT2D eigenvalue weighted by Crippen LogP contribution is 2.31. The topological polar surface area (TPSA) is 35.5 Å². The van der Waals surface area contributed by atoms with Gasteiger partial charge in [0.2, 0.25) is 0 Å². The van der Waals surface area contributed by atoms with Crippen LogP contribution >= 0.6 is 8.25 Å². The molecule has 4 heteroatoms. The molecule has 0 spiro atoms. The summed E-state index contributed by atoms with van der Waals surface area (Å²) in [4.78, 5) is 0. The van der Waals surface area contributed by atoms with Gasteiger partial charge >= 0.3 is 8.25 Å². The molecule has 0 fully saturated rings. The average Bonchev–Trinajstić information content (AvgIpc) is 2.48. The summed E-state index contributed by atoms with van der Waals surface area (Å²) in [5.41, 5.74) is 2.43. The minimum absolute atomic E-state index is 0.457. The summed E-state index contributed by atoms with van der Waals surface area (Å²) in [7, 11) is -2.23. The Kier molecular flexibility index (Phi) is 5.57. The van der Waals surface area contributed by atoms with Crippen molar-refractivity contribution in [2.24, 2.45) is 0 Å². The zero-order valence-electron chi connectivity index (χ0n) is 13.4. The fourth-order valence-corrected chi connectivity index (χ4v) is 2.64. The van der Waals surface area contributed by atoms with E-state index in [9.17, 15) is 4.57 Å². The number of benzene rings is 2. The molecule has 0 saturated carbocycles. The van der Waals surface area contributed by atoms with E-state index in [2.05, 4.69) is 27.7 Å². The van der Waals surface area contributed by atoms with Gasteiger partial charge in [0.25, 0.3) is 0 Å². The van der Waals surface area contributed by atoms with Gasteiger partial charge in [-0.05, 0) is 47.2 Å². The second kappa shape index (κ2) is 7.42. The smallest absolute Gasteiger partial charge is 0.222 e. The molecule has 0 aliphatic carbocycles. The van der Waals surface area contributed by atoms with Gasteiger partial charge in [0, 0.05) is 4.57 Å². The van der Waals surface area contributed by atoms with E-state index in [0.717, 1.165) is 0 Å². The van der Waals surface area contributed by atoms with Gasteiger partial charge in [-0.25, -0.2) is 9.05 Å². The van der Waals surface area contributed by atoms with Crippen LogP contribution in [0.4, 0.5) is 0 Å².